The minimum Gasteiger partial charge on any atom is -0.394 e. The maximum absolute atomic E-state index is 11.7. The van der Waals surface area contributed by atoms with E-state index in [1.807, 2.05) is 13.8 Å². The fourth-order valence-electron chi connectivity index (χ4n) is 1.62. The van der Waals surface area contributed by atoms with Crippen LogP contribution in [-0.2, 0) is 4.79 Å². The summed E-state index contributed by atoms with van der Waals surface area (Å²) in [5, 5.41) is 12.0. The van der Waals surface area contributed by atoms with Crippen molar-refractivity contribution in [3.8, 4) is 0 Å². The molecule has 82 valence electrons. The van der Waals surface area contributed by atoms with Crippen LogP contribution in [0.4, 0.5) is 0 Å². The van der Waals surface area contributed by atoms with Gasteiger partial charge in [-0.05, 0) is 17.8 Å². The van der Waals surface area contributed by atoms with E-state index in [0.717, 1.165) is 6.42 Å². The third-order valence-corrected chi connectivity index (χ3v) is 3.16. The number of nitrogens with one attached hydrogen (secondary N) is 1. The van der Waals surface area contributed by atoms with E-state index in [0.29, 0.717) is 0 Å². The second-order valence-corrected chi connectivity index (χ2v) is 5.29. The van der Waals surface area contributed by atoms with Gasteiger partial charge >= 0.3 is 0 Å². The molecule has 0 radical (unpaired) electrons. The molecule has 1 aliphatic rings. The molecule has 0 bridgehead atoms. The Labute approximate surface area is 85.9 Å². The number of rotatable bonds is 4. The summed E-state index contributed by atoms with van der Waals surface area (Å²) in [6.07, 6.45) is 0.967. The highest BCUT2D eigenvalue weighted by Crippen LogP contribution is 2.51. The Hall–Kier alpha value is -0.570. The first-order valence-corrected chi connectivity index (χ1v) is 5.29. The average Bonchev–Trinajstić information content (AvgIpc) is 2.70. The van der Waals surface area contributed by atoms with Crippen LogP contribution >= 0.6 is 0 Å². The van der Waals surface area contributed by atoms with Crippen LogP contribution in [-0.4, -0.2) is 23.7 Å². The monoisotopic (exact) mass is 199 g/mol. The third kappa shape index (κ3) is 2.47. The Kier molecular flexibility index (Phi) is 3.20. The second kappa shape index (κ2) is 3.89. The highest BCUT2D eigenvalue weighted by atomic mass is 16.3. The van der Waals surface area contributed by atoms with Crippen LogP contribution in [0.15, 0.2) is 0 Å². The summed E-state index contributed by atoms with van der Waals surface area (Å²) in [4.78, 5) is 11.7. The molecule has 3 heteroatoms. The zero-order chi connectivity index (χ0) is 10.9. The Bertz CT molecular complexity index is 223. The van der Waals surface area contributed by atoms with E-state index in [9.17, 15) is 4.79 Å². The molecular formula is C11H21NO2. The molecule has 2 atom stereocenters. The van der Waals surface area contributed by atoms with Crippen molar-refractivity contribution in [2.24, 2.45) is 17.3 Å². The van der Waals surface area contributed by atoms with Crippen molar-refractivity contribution in [3.63, 3.8) is 0 Å². The van der Waals surface area contributed by atoms with Gasteiger partial charge < -0.3 is 10.4 Å². The molecule has 1 unspecified atom stereocenters. The van der Waals surface area contributed by atoms with Gasteiger partial charge in [-0.25, -0.2) is 0 Å². The van der Waals surface area contributed by atoms with Gasteiger partial charge in [-0.15, -0.1) is 0 Å². The Balaban J connectivity index is 2.41. The van der Waals surface area contributed by atoms with Gasteiger partial charge in [0.1, 0.15) is 0 Å². The molecule has 1 rings (SSSR count). The number of hydrogen-bond acceptors (Lipinski definition) is 2. The lowest BCUT2D eigenvalue weighted by Crippen LogP contribution is -2.42. The van der Waals surface area contributed by atoms with E-state index in [4.69, 9.17) is 5.11 Å². The largest absolute Gasteiger partial charge is 0.394 e. The summed E-state index contributed by atoms with van der Waals surface area (Å²) in [7, 11) is 0. The number of hydrogen-bond donors (Lipinski definition) is 2. The smallest absolute Gasteiger partial charge is 0.223 e. The molecule has 0 heterocycles. The van der Waals surface area contributed by atoms with Gasteiger partial charge in [-0.2, -0.15) is 0 Å². The first kappa shape index (κ1) is 11.5. The third-order valence-electron chi connectivity index (χ3n) is 3.16. The van der Waals surface area contributed by atoms with Crippen molar-refractivity contribution in [3.05, 3.63) is 0 Å². The molecule has 0 aromatic heterocycles. The summed E-state index contributed by atoms with van der Waals surface area (Å²) < 4.78 is 0. The van der Waals surface area contributed by atoms with E-state index in [1.165, 1.54) is 0 Å². The van der Waals surface area contributed by atoms with Crippen molar-refractivity contribution in [2.45, 2.75) is 40.2 Å². The topological polar surface area (TPSA) is 49.3 Å². The highest BCUT2D eigenvalue weighted by molar-refractivity contribution is 5.82. The molecule has 0 saturated heterocycles. The molecule has 0 spiro atoms. The minimum atomic E-state index is -0.0982. The molecule has 1 amide bonds. The standard InChI is InChI=1S/C11H21NO2/c1-7(2)9(6-13)12-10(14)8-5-11(8,3)4/h7-9,13H,5-6H2,1-4H3,(H,12,14)/t8?,9-/m1/s1. The van der Waals surface area contributed by atoms with Gasteiger partial charge in [0.25, 0.3) is 0 Å². The second-order valence-electron chi connectivity index (χ2n) is 5.29. The van der Waals surface area contributed by atoms with Gasteiger partial charge in [0.05, 0.1) is 12.6 Å². The number of aliphatic hydroxyl groups is 1. The predicted octanol–water partition coefficient (Wildman–Crippen LogP) is 1.17. The van der Waals surface area contributed by atoms with E-state index in [1.54, 1.807) is 0 Å². The van der Waals surface area contributed by atoms with Crippen molar-refractivity contribution in [1.29, 1.82) is 0 Å². The van der Waals surface area contributed by atoms with Crippen LogP contribution in [0.2, 0.25) is 0 Å². The fourth-order valence-corrected chi connectivity index (χ4v) is 1.62. The van der Waals surface area contributed by atoms with Crippen LogP contribution in [0.5, 0.6) is 0 Å². The predicted molar refractivity (Wildman–Crippen MR) is 55.7 cm³/mol. The molecule has 0 aliphatic heterocycles. The number of carbonyl (C=O) groups is 1. The van der Waals surface area contributed by atoms with Crippen LogP contribution in [0.25, 0.3) is 0 Å². The van der Waals surface area contributed by atoms with Gasteiger partial charge in [0.2, 0.25) is 5.91 Å². The molecular weight excluding hydrogens is 178 g/mol. The zero-order valence-corrected chi connectivity index (χ0v) is 9.50. The van der Waals surface area contributed by atoms with Crippen molar-refractivity contribution >= 4 is 5.91 Å². The SMILES string of the molecule is CC(C)[C@@H](CO)NC(=O)C1CC1(C)C. The Morgan fingerprint density at radius 3 is 2.36 bits per heavy atom. The van der Waals surface area contributed by atoms with E-state index in [-0.39, 0.29) is 35.8 Å². The quantitative estimate of drug-likeness (QED) is 0.714. The van der Waals surface area contributed by atoms with Gasteiger partial charge in [0.15, 0.2) is 0 Å². The molecule has 3 nitrogen and oxygen atoms in total. The number of amides is 1. The lowest BCUT2D eigenvalue weighted by Gasteiger charge is -2.20. The normalized spacial score (nSPS) is 26.0. The molecule has 1 fully saturated rings. The van der Waals surface area contributed by atoms with Crippen LogP contribution in [0.3, 0.4) is 0 Å². The van der Waals surface area contributed by atoms with Crippen LogP contribution in [0, 0.1) is 17.3 Å². The van der Waals surface area contributed by atoms with E-state index in [2.05, 4.69) is 19.2 Å². The molecule has 1 aliphatic carbocycles. The fraction of sp³-hybridized carbons (Fsp3) is 0.909. The summed E-state index contributed by atoms with van der Waals surface area (Å²) in [6.45, 7) is 8.22. The van der Waals surface area contributed by atoms with Crippen molar-refractivity contribution in [2.75, 3.05) is 6.61 Å². The van der Waals surface area contributed by atoms with Crippen molar-refractivity contribution < 1.29 is 9.90 Å². The average molecular weight is 199 g/mol. The van der Waals surface area contributed by atoms with Gasteiger partial charge in [-0.1, -0.05) is 27.7 Å². The first-order valence-electron chi connectivity index (χ1n) is 5.29. The number of aliphatic hydroxyl groups excluding tert-OH is 1. The zero-order valence-electron chi connectivity index (χ0n) is 9.50. The highest BCUT2D eigenvalue weighted by Gasteiger charge is 2.50. The summed E-state index contributed by atoms with van der Waals surface area (Å²) in [5.74, 6) is 0.531. The maximum Gasteiger partial charge on any atom is 0.223 e. The molecule has 14 heavy (non-hydrogen) atoms. The summed E-state index contributed by atoms with van der Waals surface area (Å²) >= 11 is 0. The Morgan fingerprint density at radius 1 is 1.57 bits per heavy atom. The molecule has 0 aromatic rings. The van der Waals surface area contributed by atoms with E-state index >= 15 is 0 Å². The lowest BCUT2D eigenvalue weighted by molar-refractivity contribution is -0.124. The number of carbonyl (C=O) groups excluding carboxylic acids is 1. The van der Waals surface area contributed by atoms with Gasteiger partial charge in [-0.3, -0.25) is 4.79 Å². The molecule has 2 N–H and O–H groups in total. The summed E-state index contributed by atoms with van der Waals surface area (Å²) in [5.41, 5.74) is 0.168. The van der Waals surface area contributed by atoms with Crippen molar-refractivity contribution in [1.82, 2.24) is 5.32 Å². The Morgan fingerprint density at radius 2 is 2.07 bits per heavy atom. The maximum atomic E-state index is 11.7. The molecule has 1 saturated carbocycles. The first-order chi connectivity index (χ1) is 6.38. The summed E-state index contributed by atoms with van der Waals surface area (Å²) in [6, 6.07) is -0.0982. The molecule has 0 aromatic carbocycles. The van der Waals surface area contributed by atoms with Gasteiger partial charge in [0, 0.05) is 5.92 Å². The van der Waals surface area contributed by atoms with E-state index < -0.39 is 0 Å². The van der Waals surface area contributed by atoms with Crippen LogP contribution < -0.4 is 5.32 Å². The lowest BCUT2D eigenvalue weighted by atomic mass is 10.0. The minimum absolute atomic E-state index is 0.0244. The van der Waals surface area contributed by atoms with Crippen LogP contribution in [0.1, 0.15) is 34.1 Å².